The number of rotatable bonds is 5. The summed E-state index contributed by atoms with van der Waals surface area (Å²) in [6.07, 6.45) is 2.18. The zero-order valence-corrected chi connectivity index (χ0v) is 11.8. The van der Waals surface area contributed by atoms with Gasteiger partial charge in [-0.2, -0.15) is 0 Å². The quantitative estimate of drug-likeness (QED) is 0.892. The van der Waals surface area contributed by atoms with Crippen LogP contribution in [0.1, 0.15) is 29.9 Å². The molecule has 1 aliphatic rings. The summed E-state index contributed by atoms with van der Waals surface area (Å²) < 4.78 is 13.6. The van der Waals surface area contributed by atoms with E-state index in [1.807, 2.05) is 30.3 Å². The van der Waals surface area contributed by atoms with E-state index in [4.69, 9.17) is 0 Å². The van der Waals surface area contributed by atoms with Crippen molar-refractivity contribution in [2.75, 3.05) is 0 Å². The van der Waals surface area contributed by atoms with Crippen molar-refractivity contribution in [1.29, 1.82) is 0 Å². The molecule has 0 radical (unpaired) electrons. The Balaban J connectivity index is 1.70. The van der Waals surface area contributed by atoms with Crippen LogP contribution in [0.3, 0.4) is 0 Å². The molecule has 1 unspecified atom stereocenters. The summed E-state index contributed by atoms with van der Waals surface area (Å²) in [7, 11) is 0. The maximum Gasteiger partial charge on any atom is 0.228 e. The number of amides is 1. The predicted octanol–water partition coefficient (Wildman–Crippen LogP) is 3.64. The first-order chi connectivity index (χ1) is 10.3. The van der Waals surface area contributed by atoms with Crippen LogP contribution in [-0.4, -0.2) is 5.91 Å². The van der Waals surface area contributed by atoms with Crippen LogP contribution < -0.4 is 5.32 Å². The minimum atomic E-state index is -0.277. The highest BCUT2D eigenvalue weighted by Gasteiger charge is 2.37. The lowest BCUT2D eigenvalue weighted by atomic mass is 9.93. The second-order valence-corrected chi connectivity index (χ2v) is 5.53. The molecule has 2 aromatic carbocycles. The molecule has 2 nitrogen and oxygen atoms in total. The minimum Gasteiger partial charge on any atom is -0.351 e. The molecule has 1 fully saturated rings. The number of hydrogen-bond donors (Lipinski definition) is 1. The van der Waals surface area contributed by atoms with Gasteiger partial charge in [0, 0.05) is 12.1 Å². The van der Waals surface area contributed by atoms with Gasteiger partial charge in [0.15, 0.2) is 0 Å². The fraction of sp³-hybridized carbons (Fsp3) is 0.278. The molecule has 1 saturated carbocycles. The Morgan fingerprint density at radius 2 is 1.76 bits per heavy atom. The van der Waals surface area contributed by atoms with E-state index in [9.17, 15) is 9.18 Å². The molecule has 2 aromatic rings. The summed E-state index contributed by atoms with van der Waals surface area (Å²) in [5.41, 5.74) is 1.57. The second-order valence-electron chi connectivity index (χ2n) is 5.53. The molecule has 0 spiro atoms. The van der Waals surface area contributed by atoms with Crippen LogP contribution in [0.5, 0.6) is 0 Å². The van der Waals surface area contributed by atoms with E-state index in [-0.39, 0.29) is 24.2 Å². The summed E-state index contributed by atoms with van der Waals surface area (Å²) in [5, 5.41) is 2.88. The summed E-state index contributed by atoms with van der Waals surface area (Å²) in [5.74, 6) is 0.0263. The maximum absolute atomic E-state index is 13.6. The molecule has 3 heteroatoms. The average molecular weight is 283 g/mol. The first-order valence-corrected chi connectivity index (χ1v) is 7.32. The summed E-state index contributed by atoms with van der Waals surface area (Å²) >= 11 is 0. The Bertz CT molecular complexity index is 622. The van der Waals surface area contributed by atoms with Crippen molar-refractivity contribution in [2.24, 2.45) is 5.92 Å². The Morgan fingerprint density at radius 3 is 2.43 bits per heavy atom. The van der Waals surface area contributed by atoms with Crippen molar-refractivity contribution in [3.05, 3.63) is 71.5 Å². The molecule has 1 N–H and O–H groups in total. The fourth-order valence-electron chi connectivity index (χ4n) is 2.66. The second kappa shape index (κ2) is 6.08. The molecule has 0 heterocycles. The zero-order valence-electron chi connectivity index (χ0n) is 11.8. The number of nitrogens with one attached hydrogen (secondary N) is 1. The Morgan fingerprint density at radius 1 is 1.10 bits per heavy atom. The molecule has 0 bridgehead atoms. The van der Waals surface area contributed by atoms with Gasteiger partial charge in [0.2, 0.25) is 5.91 Å². The molecule has 1 amide bonds. The lowest BCUT2D eigenvalue weighted by Crippen LogP contribution is -2.30. The van der Waals surface area contributed by atoms with Crippen molar-refractivity contribution >= 4 is 5.91 Å². The van der Waals surface area contributed by atoms with Gasteiger partial charge in [0.1, 0.15) is 5.82 Å². The molecular formula is C18H18FNO. The Kier molecular flexibility index (Phi) is 4.00. The molecule has 1 atom stereocenters. The van der Waals surface area contributed by atoms with Crippen LogP contribution in [-0.2, 0) is 11.3 Å². The SMILES string of the molecule is O=C(NCc1ccccc1F)C(c1ccccc1)C1CC1. The van der Waals surface area contributed by atoms with Crippen LogP contribution >= 0.6 is 0 Å². The Labute approximate surface area is 124 Å². The van der Waals surface area contributed by atoms with E-state index >= 15 is 0 Å². The van der Waals surface area contributed by atoms with E-state index < -0.39 is 0 Å². The van der Waals surface area contributed by atoms with E-state index in [1.165, 1.54) is 6.07 Å². The third kappa shape index (κ3) is 3.30. The first kappa shape index (κ1) is 13.8. The molecule has 0 aromatic heterocycles. The van der Waals surface area contributed by atoms with Gasteiger partial charge in [-0.1, -0.05) is 48.5 Å². The topological polar surface area (TPSA) is 29.1 Å². The molecule has 1 aliphatic carbocycles. The standard InChI is InChI=1S/C18H18FNO/c19-16-9-5-4-8-15(16)12-20-18(21)17(14-10-11-14)13-6-2-1-3-7-13/h1-9,14,17H,10-12H2,(H,20,21). The highest BCUT2D eigenvalue weighted by atomic mass is 19.1. The van der Waals surface area contributed by atoms with Gasteiger partial charge in [-0.15, -0.1) is 0 Å². The largest absolute Gasteiger partial charge is 0.351 e. The van der Waals surface area contributed by atoms with Crippen LogP contribution in [0.25, 0.3) is 0 Å². The summed E-state index contributed by atoms with van der Waals surface area (Å²) in [4.78, 5) is 12.5. The third-order valence-electron chi connectivity index (χ3n) is 3.95. The molecule has 0 aliphatic heterocycles. The van der Waals surface area contributed by atoms with Gasteiger partial charge in [0.25, 0.3) is 0 Å². The number of hydrogen-bond acceptors (Lipinski definition) is 1. The van der Waals surface area contributed by atoms with Crippen LogP contribution in [0.2, 0.25) is 0 Å². The highest BCUT2D eigenvalue weighted by Crippen LogP contribution is 2.42. The van der Waals surface area contributed by atoms with Crippen molar-refractivity contribution in [2.45, 2.75) is 25.3 Å². The molecule has 21 heavy (non-hydrogen) atoms. The Hall–Kier alpha value is -2.16. The van der Waals surface area contributed by atoms with Crippen molar-refractivity contribution in [3.8, 4) is 0 Å². The van der Waals surface area contributed by atoms with E-state index in [1.54, 1.807) is 18.2 Å². The van der Waals surface area contributed by atoms with E-state index in [0.29, 0.717) is 11.5 Å². The van der Waals surface area contributed by atoms with Gasteiger partial charge in [0.05, 0.1) is 5.92 Å². The molecular weight excluding hydrogens is 265 g/mol. The van der Waals surface area contributed by atoms with E-state index in [2.05, 4.69) is 5.32 Å². The van der Waals surface area contributed by atoms with Crippen molar-refractivity contribution in [3.63, 3.8) is 0 Å². The smallest absolute Gasteiger partial charge is 0.228 e. The lowest BCUT2D eigenvalue weighted by Gasteiger charge is -2.17. The highest BCUT2D eigenvalue weighted by molar-refractivity contribution is 5.84. The fourth-order valence-corrected chi connectivity index (χ4v) is 2.66. The predicted molar refractivity (Wildman–Crippen MR) is 80.2 cm³/mol. The number of carbonyl (C=O) groups is 1. The van der Waals surface area contributed by atoms with Gasteiger partial charge in [-0.05, 0) is 30.4 Å². The average Bonchev–Trinajstić information content (AvgIpc) is 3.32. The molecule has 3 rings (SSSR count). The third-order valence-corrected chi connectivity index (χ3v) is 3.95. The van der Waals surface area contributed by atoms with Gasteiger partial charge < -0.3 is 5.32 Å². The van der Waals surface area contributed by atoms with Crippen LogP contribution in [0, 0.1) is 11.7 Å². The monoisotopic (exact) mass is 283 g/mol. The summed E-state index contributed by atoms with van der Waals surface area (Å²) in [6.45, 7) is 0.238. The number of benzene rings is 2. The van der Waals surface area contributed by atoms with Crippen LogP contribution in [0.15, 0.2) is 54.6 Å². The van der Waals surface area contributed by atoms with Gasteiger partial charge in [-0.3, -0.25) is 4.79 Å². The van der Waals surface area contributed by atoms with Gasteiger partial charge in [-0.25, -0.2) is 4.39 Å². The van der Waals surface area contributed by atoms with Crippen molar-refractivity contribution < 1.29 is 9.18 Å². The van der Waals surface area contributed by atoms with Gasteiger partial charge >= 0.3 is 0 Å². The summed E-state index contributed by atoms with van der Waals surface area (Å²) in [6, 6.07) is 16.4. The normalized spacial score (nSPS) is 15.5. The lowest BCUT2D eigenvalue weighted by molar-refractivity contribution is -0.123. The van der Waals surface area contributed by atoms with Crippen LogP contribution in [0.4, 0.5) is 4.39 Å². The maximum atomic E-state index is 13.6. The number of halogens is 1. The first-order valence-electron chi connectivity index (χ1n) is 7.32. The minimum absolute atomic E-state index is 0.00745. The zero-order chi connectivity index (χ0) is 14.7. The van der Waals surface area contributed by atoms with Crippen molar-refractivity contribution in [1.82, 2.24) is 5.32 Å². The molecule has 108 valence electrons. The van der Waals surface area contributed by atoms with E-state index in [0.717, 1.165) is 18.4 Å². The number of carbonyl (C=O) groups excluding carboxylic acids is 1. The molecule has 0 saturated heterocycles.